The molecule has 1 saturated heterocycles. The summed E-state index contributed by atoms with van der Waals surface area (Å²) in [5, 5.41) is 9.30. The van der Waals surface area contributed by atoms with Gasteiger partial charge in [-0.15, -0.1) is 0 Å². The summed E-state index contributed by atoms with van der Waals surface area (Å²) in [7, 11) is -2.37. The van der Waals surface area contributed by atoms with E-state index >= 15 is 0 Å². The Labute approximate surface area is 135 Å². The Morgan fingerprint density at radius 2 is 2.00 bits per heavy atom. The van der Waals surface area contributed by atoms with Crippen LogP contribution in [0.25, 0.3) is 0 Å². The van der Waals surface area contributed by atoms with Gasteiger partial charge in [0, 0.05) is 13.7 Å². The van der Waals surface area contributed by atoms with E-state index in [4.69, 9.17) is 9.47 Å². The predicted molar refractivity (Wildman–Crippen MR) is 82.5 cm³/mol. The third-order valence-corrected chi connectivity index (χ3v) is 5.51. The molecule has 128 valence electrons. The molecule has 0 radical (unpaired) electrons. The zero-order chi connectivity index (χ0) is 17.3. The number of hydrogen-bond donors (Lipinski definition) is 1. The number of carboxylic acid groups (broad SMARTS) is 1. The van der Waals surface area contributed by atoms with E-state index in [1.54, 1.807) is 33.1 Å². The minimum Gasteiger partial charge on any atom is -0.480 e. The van der Waals surface area contributed by atoms with Crippen molar-refractivity contribution >= 4 is 16.0 Å². The lowest BCUT2D eigenvalue weighted by atomic mass is 10.1. The zero-order valence-electron chi connectivity index (χ0n) is 13.4. The quantitative estimate of drug-likeness (QED) is 0.860. The fourth-order valence-electron chi connectivity index (χ4n) is 2.43. The molecule has 1 unspecified atom stereocenters. The van der Waals surface area contributed by atoms with E-state index in [0.717, 1.165) is 9.87 Å². The van der Waals surface area contributed by atoms with Gasteiger partial charge in [0.1, 0.15) is 6.04 Å². The molecule has 8 heteroatoms. The molecule has 1 aromatic rings. The average Bonchev–Trinajstić information content (AvgIpc) is 2.47. The molecule has 1 heterocycles. The van der Waals surface area contributed by atoms with Gasteiger partial charge in [-0.2, -0.15) is 4.31 Å². The third-order valence-electron chi connectivity index (χ3n) is 3.64. The molecule has 0 saturated carbocycles. The summed E-state index contributed by atoms with van der Waals surface area (Å²) in [6.45, 7) is 3.64. The van der Waals surface area contributed by atoms with Crippen molar-refractivity contribution in [2.45, 2.75) is 37.0 Å². The molecule has 2 rings (SSSR count). The molecule has 23 heavy (non-hydrogen) atoms. The number of hydrogen-bond acceptors (Lipinski definition) is 5. The van der Waals surface area contributed by atoms with Crippen LogP contribution < -0.4 is 0 Å². The number of methoxy groups -OCH3 is 1. The van der Waals surface area contributed by atoms with Crippen LogP contribution in [0.3, 0.4) is 0 Å². The summed E-state index contributed by atoms with van der Waals surface area (Å²) in [6.07, 6.45) is 0. The maximum Gasteiger partial charge on any atom is 0.324 e. The van der Waals surface area contributed by atoms with Gasteiger partial charge in [-0.3, -0.25) is 4.79 Å². The molecule has 1 aromatic carbocycles. The topological polar surface area (TPSA) is 93.1 Å². The van der Waals surface area contributed by atoms with Crippen LogP contribution in [0.5, 0.6) is 0 Å². The van der Waals surface area contributed by atoms with Crippen LogP contribution in [-0.4, -0.2) is 55.7 Å². The highest BCUT2D eigenvalue weighted by molar-refractivity contribution is 7.89. The lowest BCUT2D eigenvalue weighted by molar-refractivity contribution is -0.154. The highest BCUT2D eigenvalue weighted by Gasteiger charge is 2.44. The van der Waals surface area contributed by atoms with Gasteiger partial charge in [0.25, 0.3) is 0 Å². The van der Waals surface area contributed by atoms with E-state index in [1.807, 2.05) is 0 Å². The first-order chi connectivity index (χ1) is 10.7. The summed E-state index contributed by atoms with van der Waals surface area (Å²) in [4.78, 5) is 11.4. The second-order valence-corrected chi connectivity index (χ2v) is 7.94. The Morgan fingerprint density at radius 1 is 1.39 bits per heavy atom. The number of sulfonamides is 1. The maximum absolute atomic E-state index is 12.8. The molecular weight excluding hydrogens is 322 g/mol. The second kappa shape index (κ2) is 6.56. The fraction of sp³-hybridized carbons (Fsp3) is 0.533. The molecule has 1 fully saturated rings. The SMILES string of the molecule is COCc1ccc(S(=O)(=O)N2CC(C)(C)OCC2C(=O)O)cc1. The number of carboxylic acids is 1. The van der Waals surface area contributed by atoms with E-state index < -0.39 is 27.6 Å². The molecule has 1 aliphatic heterocycles. The van der Waals surface area contributed by atoms with Crippen molar-refractivity contribution in [3.05, 3.63) is 29.8 Å². The van der Waals surface area contributed by atoms with Gasteiger partial charge in [-0.05, 0) is 31.5 Å². The first-order valence-corrected chi connectivity index (χ1v) is 8.58. The molecule has 0 spiro atoms. The molecule has 0 bridgehead atoms. The lowest BCUT2D eigenvalue weighted by Gasteiger charge is -2.40. The van der Waals surface area contributed by atoms with Gasteiger partial charge < -0.3 is 14.6 Å². The van der Waals surface area contributed by atoms with Gasteiger partial charge >= 0.3 is 5.97 Å². The largest absolute Gasteiger partial charge is 0.480 e. The van der Waals surface area contributed by atoms with Gasteiger partial charge in [-0.25, -0.2) is 8.42 Å². The van der Waals surface area contributed by atoms with Crippen LogP contribution in [0, 0.1) is 0 Å². The van der Waals surface area contributed by atoms with E-state index in [0.29, 0.717) is 6.61 Å². The van der Waals surface area contributed by atoms with E-state index in [9.17, 15) is 18.3 Å². The summed E-state index contributed by atoms with van der Waals surface area (Å²) in [6, 6.07) is 5.00. The van der Waals surface area contributed by atoms with Crippen molar-refractivity contribution < 1.29 is 27.8 Å². The summed E-state index contributed by atoms with van der Waals surface area (Å²) in [5.74, 6) is -1.22. The zero-order valence-corrected chi connectivity index (χ0v) is 14.2. The number of rotatable bonds is 5. The Kier molecular flexibility index (Phi) is 5.10. The lowest BCUT2D eigenvalue weighted by Crippen LogP contribution is -2.58. The normalized spacial score (nSPS) is 22.0. The predicted octanol–water partition coefficient (Wildman–Crippen LogP) is 1.09. The average molecular weight is 343 g/mol. The first kappa shape index (κ1) is 17.9. The molecule has 1 aliphatic rings. The Morgan fingerprint density at radius 3 is 2.52 bits per heavy atom. The van der Waals surface area contributed by atoms with Gasteiger partial charge in [0.05, 0.1) is 23.7 Å². The van der Waals surface area contributed by atoms with Crippen LogP contribution in [0.1, 0.15) is 19.4 Å². The Bertz CT molecular complexity index is 668. The molecular formula is C15H21NO6S. The van der Waals surface area contributed by atoms with Crippen molar-refractivity contribution in [1.82, 2.24) is 4.31 Å². The van der Waals surface area contributed by atoms with Crippen LogP contribution >= 0.6 is 0 Å². The van der Waals surface area contributed by atoms with Crippen molar-refractivity contribution in [3.63, 3.8) is 0 Å². The van der Waals surface area contributed by atoms with Crippen molar-refractivity contribution in [2.24, 2.45) is 0 Å². The van der Waals surface area contributed by atoms with Crippen LogP contribution in [0.4, 0.5) is 0 Å². The fourth-order valence-corrected chi connectivity index (χ4v) is 4.14. The van der Waals surface area contributed by atoms with Crippen LogP contribution in [-0.2, 0) is 30.9 Å². The van der Waals surface area contributed by atoms with E-state index in [2.05, 4.69) is 0 Å². The van der Waals surface area contributed by atoms with Gasteiger partial charge in [-0.1, -0.05) is 12.1 Å². The second-order valence-electron chi connectivity index (χ2n) is 6.05. The molecule has 1 N–H and O–H groups in total. The molecule has 7 nitrogen and oxygen atoms in total. The highest BCUT2D eigenvalue weighted by Crippen LogP contribution is 2.27. The highest BCUT2D eigenvalue weighted by atomic mass is 32.2. The third kappa shape index (κ3) is 3.89. The smallest absolute Gasteiger partial charge is 0.324 e. The Hall–Kier alpha value is -1.48. The monoisotopic (exact) mass is 343 g/mol. The summed E-state index contributed by atoms with van der Waals surface area (Å²) >= 11 is 0. The van der Waals surface area contributed by atoms with E-state index in [1.165, 1.54) is 12.1 Å². The minimum absolute atomic E-state index is 0.0217. The maximum atomic E-state index is 12.8. The number of ether oxygens (including phenoxy) is 2. The number of aliphatic carboxylic acids is 1. The Balaban J connectivity index is 2.36. The van der Waals surface area contributed by atoms with Gasteiger partial charge in [0.15, 0.2) is 0 Å². The molecule has 0 aliphatic carbocycles. The van der Waals surface area contributed by atoms with E-state index in [-0.39, 0.29) is 18.0 Å². The van der Waals surface area contributed by atoms with Crippen molar-refractivity contribution in [1.29, 1.82) is 0 Å². The van der Waals surface area contributed by atoms with Gasteiger partial charge in [0.2, 0.25) is 10.0 Å². The van der Waals surface area contributed by atoms with Crippen LogP contribution in [0.15, 0.2) is 29.2 Å². The molecule has 0 amide bonds. The summed E-state index contributed by atoms with van der Waals surface area (Å²) in [5.41, 5.74) is 0.0956. The first-order valence-electron chi connectivity index (χ1n) is 7.14. The summed E-state index contributed by atoms with van der Waals surface area (Å²) < 4.78 is 37.1. The minimum atomic E-state index is -3.93. The number of benzene rings is 1. The number of morpholine rings is 1. The standard InChI is InChI=1S/C15H21NO6S/c1-15(2)10-16(13(9-22-15)14(17)18)23(19,20)12-6-4-11(5-7-12)8-21-3/h4-7,13H,8-10H2,1-3H3,(H,17,18). The number of nitrogens with zero attached hydrogens (tertiary/aromatic N) is 1. The number of carbonyl (C=O) groups is 1. The molecule has 1 atom stereocenters. The van der Waals surface area contributed by atoms with Crippen molar-refractivity contribution in [2.75, 3.05) is 20.3 Å². The molecule has 0 aromatic heterocycles. The van der Waals surface area contributed by atoms with Crippen LogP contribution in [0.2, 0.25) is 0 Å². The van der Waals surface area contributed by atoms with Crippen molar-refractivity contribution in [3.8, 4) is 0 Å².